The zero-order valence-corrected chi connectivity index (χ0v) is 14.5. The van der Waals surface area contributed by atoms with Gasteiger partial charge in [-0.1, -0.05) is 32.9 Å². The summed E-state index contributed by atoms with van der Waals surface area (Å²) < 4.78 is 1.97. The first-order chi connectivity index (χ1) is 11.8. The van der Waals surface area contributed by atoms with Crippen LogP contribution >= 0.6 is 0 Å². The van der Waals surface area contributed by atoms with E-state index in [-0.39, 0.29) is 17.0 Å². The molecule has 3 heterocycles. The third-order valence-electron chi connectivity index (χ3n) is 5.15. The lowest BCUT2D eigenvalue weighted by molar-refractivity contribution is 0.0693. The smallest absolute Gasteiger partial charge is 0.341 e. The summed E-state index contributed by atoms with van der Waals surface area (Å²) in [6.07, 6.45) is 4.22. The largest absolute Gasteiger partial charge is 0.477 e. The molecule has 1 aliphatic heterocycles. The van der Waals surface area contributed by atoms with Crippen molar-refractivity contribution in [3.63, 3.8) is 0 Å². The van der Waals surface area contributed by atoms with Gasteiger partial charge >= 0.3 is 5.97 Å². The van der Waals surface area contributed by atoms with E-state index in [0.29, 0.717) is 0 Å². The van der Waals surface area contributed by atoms with Crippen molar-refractivity contribution >= 4 is 16.9 Å². The molecule has 0 unspecified atom stereocenters. The highest BCUT2D eigenvalue weighted by Gasteiger charge is 2.34. The summed E-state index contributed by atoms with van der Waals surface area (Å²) in [5.41, 5.74) is 3.33. The standard InChI is InChI=1S/C20H20N2O3/c1-20(2,3)17-8-13-12(5-4-11-6-7-21-18(11)13)15-9-16(23)14(19(24)25)10-22(15)17/h4-7,9-10,17,21H,8H2,1-3H3,(H,24,25)/t17-/m0/s1. The van der Waals surface area contributed by atoms with Crippen LogP contribution in [0, 0.1) is 5.41 Å². The molecule has 2 N–H and O–H groups in total. The number of carbonyl (C=O) groups is 1. The summed E-state index contributed by atoms with van der Waals surface area (Å²) in [5.74, 6) is -1.18. The lowest BCUT2D eigenvalue weighted by Crippen LogP contribution is -2.32. The fourth-order valence-corrected chi connectivity index (χ4v) is 3.84. The van der Waals surface area contributed by atoms with Crippen LogP contribution in [0.15, 0.2) is 41.5 Å². The number of carboxylic acids is 1. The zero-order chi connectivity index (χ0) is 17.9. The monoisotopic (exact) mass is 336 g/mol. The topological polar surface area (TPSA) is 75.1 Å². The summed E-state index contributed by atoms with van der Waals surface area (Å²) in [4.78, 5) is 27.1. The molecule has 4 rings (SSSR count). The van der Waals surface area contributed by atoms with Crippen LogP contribution in [-0.2, 0) is 6.42 Å². The van der Waals surface area contributed by atoms with Crippen LogP contribution in [0.1, 0.15) is 42.7 Å². The Balaban J connectivity index is 2.08. The van der Waals surface area contributed by atoms with Gasteiger partial charge in [-0.05, 0) is 28.9 Å². The molecule has 0 aliphatic carbocycles. The summed E-state index contributed by atoms with van der Waals surface area (Å²) in [6.45, 7) is 6.42. The second-order valence-corrected chi connectivity index (χ2v) is 7.77. The van der Waals surface area contributed by atoms with Crippen LogP contribution in [0.2, 0.25) is 0 Å². The van der Waals surface area contributed by atoms with Gasteiger partial charge in [0.25, 0.3) is 0 Å². The van der Waals surface area contributed by atoms with Gasteiger partial charge in [-0.25, -0.2) is 4.79 Å². The highest BCUT2D eigenvalue weighted by atomic mass is 16.4. The van der Waals surface area contributed by atoms with Gasteiger partial charge in [-0.3, -0.25) is 4.79 Å². The molecule has 0 radical (unpaired) electrons. The highest BCUT2D eigenvalue weighted by molar-refractivity contribution is 5.91. The Kier molecular flexibility index (Phi) is 3.19. The predicted molar refractivity (Wildman–Crippen MR) is 97.2 cm³/mol. The molecule has 1 aliphatic rings. The third kappa shape index (κ3) is 2.30. The number of hydrogen-bond acceptors (Lipinski definition) is 2. The van der Waals surface area contributed by atoms with Gasteiger partial charge in [0, 0.05) is 35.6 Å². The molecule has 1 atom stereocenters. The molecule has 0 saturated carbocycles. The molecule has 0 amide bonds. The van der Waals surface area contributed by atoms with Crippen molar-refractivity contribution in [3.8, 4) is 11.3 Å². The number of benzene rings is 1. The maximum atomic E-state index is 12.3. The number of nitrogens with one attached hydrogen (secondary N) is 1. The van der Waals surface area contributed by atoms with Gasteiger partial charge in [-0.2, -0.15) is 0 Å². The molecule has 128 valence electrons. The molecule has 3 aromatic rings. The molecule has 0 bridgehead atoms. The van der Waals surface area contributed by atoms with Gasteiger partial charge in [-0.15, -0.1) is 0 Å². The molecule has 5 heteroatoms. The minimum absolute atomic E-state index is 0.0580. The van der Waals surface area contributed by atoms with E-state index in [1.54, 1.807) is 0 Å². The number of rotatable bonds is 1. The third-order valence-corrected chi connectivity index (χ3v) is 5.15. The van der Waals surface area contributed by atoms with Crippen molar-refractivity contribution < 1.29 is 9.90 Å². The minimum Gasteiger partial charge on any atom is -0.477 e. The van der Waals surface area contributed by atoms with E-state index >= 15 is 0 Å². The van der Waals surface area contributed by atoms with Crippen molar-refractivity contribution in [2.75, 3.05) is 0 Å². The fraction of sp³-hybridized carbons (Fsp3) is 0.300. The maximum Gasteiger partial charge on any atom is 0.341 e. The number of aromatic amines is 1. The van der Waals surface area contributed by atoms with Crippen LogP contribution < -0.4 is 5.43 Å². The van der Waals surface area contributed by atoms with E-state index in [1.165, 1.54) is 17.8 Å². The van der Waals surface area contributed by atoms with Gasteiger partial charge < -0.3 is 14.7 Å². The van der Waals surface area contributed by atoms with Crippen LogP contribution in [-0.4, -0.2) is 20.6 Å². The van der Waals surface area contributed by atoms with Crippen molar-refractivity contribution in [1.29, 1.82) is 0 Å². The Morgan fingerprint density at radius 3 is 2.72 bits per heavy atom. The van der Waals surface area contributed by atoms with E-state index in [2.05, 4.69) is 25.8 Å². The second kappa shape index (κ2) is 5.09. The Bertz CT molecular complexity index is 1070. The lowest BCUT2D eigenvalue weighted by atomic mass is 9.78. The summed E-state index contributed by atoms with van der Waals surface area (Å²) in [5, 5.41) is 10.5. The van der Waals surface area contributed by atoms with E-state index in [9.17, 15) is 14.7 Å². The summed E-state index contributed by atoms with van der Waals surface area (Å²) in [6, 6.07) is 7.62. The molecule has 0 saturated heterocycles. The number of aromatic carboxylic acids is 1. The average molecular weight is 336 g/mol. The van der Waals surface area contributed by atoms with E-state index in [0.717, 1.165) is 28.6 Å². The van der Waals surface area contributed by atoms with Crippen molar-refractivity contribution in [2.24, 2.45) is 5.41 Å². The number of H-pyrrole nitrogens is 1. The van der Waals surface area contributed by atoms with E-state index in [1.807, 2.05) is 29.0 Å². The number of hydrogen-bond donors (Lipinski definition) is 2. The van der Waals surface area contributed by atoms with Crippen LogP contribution in [0.3, 0.4) is 0 Å². The van der Waals surface area contributed by atoms with Crippen molar-refractivity contribution in [2.45, 2.75) is 33.2 Å². The number of fused-ring (bicyclic) bond motifs is 5. The van der Waals surface area contributed by atoms with Gasteiger partial charge in [0.15, 0.2) is 5.43 Å². The van der Waals surface area contributed by atoms with Gasteiger partial charge in [0.1, 0.15) is 5.56 Å². The Hall–Kier alpha value is -2.82. The van der Waals surface area contributed by atoms with Gasteiger partial charge in [0.2, 0.25) is 0 Å². The molecule has 2 aromatic heterocycles. The average Bonchev–Trinajstić information content (AvgIpc) is 3.01. The minimum atomic E-state index is -1.18. The molecule has 0 fully saturated rings. The molecule has 5 nitrogen and oxygen atoms in total. The molecule has 25 heavy (non-hydrogen) atoms. The van der Waals surface area contributed by atoms with Crippen molar-refractivity contribution in [1.82, 2.24) is 9.55 Å². The maximum absolute atomic E-state index is 12.3. The second-order valence-electron chi connectivity index (χ2n) is 7.77. The first-order valence-electron chi connectivity index (χ1n) is 8.36. The number of pyridine rings is 1. The normalized spacial score (nSPS) is 16.5. The van der Waals surface area contributed by atoms with E-state index in [4.69, 9.17) is 0 Å². The Morgan fingerprint density at radius 1 is 1.28 bits per heavy atom. The quantitative estimate of drug-likeness (QED) is 0.709. The number of nitrogens with zero attached hydrogens (tertiary/aromatic N) is 1. The SMILES string of the molecule is CC(C)(C)[C@@H]1Cc2c(ccc3cc[nH]c23)-c2cc(=O)c(C(=O)O)cn21. The van der Waals surface area contributed by atoms with Gasteiger partial charge in [0.05, 0.1) is 5.69 Å². The summed E-state index contributed by atoms with van der Waals surface area (Å²) >= 11 is 0. The highest BCUT2D eigenvalue weighted by Crippen LogP contribution is 2.44. The lowest BCUT2D eigenvalue weighted by Gasteiger charge is -2.39. The zero-order valence-electron chi connectivity index (χ0n) is 14.5. The first-order valence-corrected chi connectivity index (χ1v) is 8.36. The Morgan fingerprint density at radius 2 is 2.04 bits per heavy atom. The molecule has 1 aromatic carbocycles. The molecule has 0 spiro atoms. The number of carboxylic acid groups (broad SMARTS) is 1. The first kappa shape index (κ1) is 15.7. The summed E-state index contributed by atoms with van der Waals surface area (Å²) in [7, 11) is 0. The molecular formula is C20H20N2O3. The van der Waals surface area contributed by atoms with E-state index < -0.39 is 11.4 Å². The predicted octanol–water partition coefficient (Wildman–Crippen LogP) is 3.84. The molecular weight excluding hydrogens is 316 g/mol. The Labute approximate surface area is 144 Å². The number of aromatic nitrogens is 2. The fourth-order valence-electron chi connectivity index (χ4n) is 3.84. The van der Waals surface area contributed by atoms with Crippen LogP contribution in [0.5, 0.6) is 0 Å². The van der Waals surface area contributed by atoms with Crippen LogP contribution in [0.4, 0.5) is 0 Å². The van der Waals surface area contributed by atoms with Crippen LogP contribution in [0.25, 0.3) is 22.2 Å². The van der Waals surface area contributed by atoms with Crippen molar-refractivity contribution in [3.05, 3.63) is 58.0 Å².